The number of hydrogen-bond acceptors (Lipinski definition) is 8. The van der Waals surface area contributed by atoms with Gasteiger partial charge in [0.05, 0.1) is 27.7 Å². The molecular formula is C31H37ClN6O3S. The Morgan fingerprint density at radius 3 is 2.55 bits per heavy atom. The lowest BCUT2D eigenvalue weighted by atomic mass is 10.0. The van der Waals surface area contributed by atoms with E-state index in [1.165, 1.54) is 10.4 Å². The maximum Gasteiger partial charge on any atom is 0.246 e. The van der Waals surface area contributed by atoms with E-state index in [9.17, 15) is 13.9 Å². The minimum Gasteiger partial charge on any atom is -0.348 e. The molecule has 0 radical (unpaired) electrons. The predicted octanol–water partition coefficient (Wildman–Crippen LogP) is 6.95. The van der Waals surface area contributed by atoms with Crippen molar-refractivity contribution in [3.63, 3.8) is 0 Å². The van der Waals surface area contributed by atoms with Crippen molar-refractivity contribution in [2.45, 2.75) is 59.5 Å². The maximum absolute atomic E-state index is 12.5. The highest BCUT2D eigenvalue weighted by atomic mass is 35.5. The number of piperazine rings is 1. The third-order valence-electron chi connectivity index (χ3n) is 7.85. The van der Waals surface area contributed by atoms with Crippen molar-refractivity contribution in [3.8, 4) is 11.3 Å². The first kappa shape index (κ1) is 30.0. The normalized spacial score (nSPS) is 20.6. The van der Waals surface area contributed by atoms with Crippen LogP contribution in [0.1, 0.15) is 49.6 Å². The number of carbonyl (C=O) groups excluding carboxylic acids is 1. The highest BCUT2D eigenvalue weighted by Gasteiger charge is 2.42. The second kappa shape index (κ2) is 11.7. The molecule has 2 atom stereocenters. The van der Waals surface area contributed by atoms with Crippen LogP contribution in [0.25, 0.3) is 11.3 Å². The number of pyridine rings is 2. The summed E-state index contributed by atoms with van der Waals surface area (Å²) in [6.45, 7) is 14.4. The SMILES string of the molecule is C=CC(=O)N1C[C@H](C)N(C2=NS(O)(O)N(c3c(C)ccnc3CCC)c3nc(-c4ccccc4C)c(Cl)cc32)C[C@H]1C. The number of fused-ring (bicyclic) bond motifs is 1. The Labute approximate surface area is 254 Å². The van der Waals surface area contributed by atoms with Crippen LogP contribution in [0.2, 0.25) is 5.02 Å². The summed E-state index contributed by atoms with van der Waals surface area (Å²) in [7, 11) is -3.81. The lowest BCUT2D eigenvalue weighted by molar-refractivity contribution is -0.130. The van der Waals surface area contributed by atoms with Crippen LogP contribution >= 0.6 is 22.6 Å². The number of hydrogen-bond donors (Lipinski definition) is 2. The lowest BCUT2D eigenvalue weighted by Crippen LogP contribution is -2.59. The zero-order valence-corrected chi connectivity index (χ0v) is 26.2. The molecule has 3 aromatic rings. The third kappa shape index (κ3) is 5.28. The number of carbonyl (C=O) groups is 1. The Morgan fingerprint density at radius 1 is 1.12 bits per heavy atom. The van der Waals surface area contributed by atoms with Gasteiger partial charge < -0.3 is 9.80 Å². The van der Waals surface area contributed by atoms with Crippen LogP contribution in [-0.2, 0) is 11.2 Å². The summed E-state index contributed by atoms with van der Waals surface area (Å²) >= 11 is 6.95. The zero-order valence-electron chi connectivity index (χ0n) is 24.6. The van der Waals surface area contributed by atoms with Gasteiger partial charge in [0.15, 0.2) is 11.7 Å². The Hall–Kier alpha value is -3.44. The van der Waals surface area contributed by atoms with Gasteiger partial charge in [-0.2, -0.15) is 4.31 Å². The smallest absolute Gasteiger partial charge is 0.246 e. The van der Waals surface area contributed by atoms with E-state index in [-0.39, 0.29) is 18.0 Å². The van der Waals surface area contributed by atoms with Crippen LogP contribution in [-0.4, -0.2) is 65.8 Å². The molecule has 1 saturated heterocycles. The molecule has 0 saturated carbocycles. The van der Waals surface area contributed by atoms with E-state index in [4.69, 9.17) is 16.6 Å². The molecular weight excluding hydrogens is 572 g/mol. The second-order valence-corrected chi connectivity index (χ2v) is 12.9. The van der Waals surface area contributed by atoms with Crippen molar-refractivity contribution in [1.82, 2.24) is 19.8 Å². The van der Waals surface area contributed by atoms with E-state index in [0.717, 1.165) is 28.8 Å². The van der Waals surface area contributed by atoms with Gasteiger partial charge >= 0.3 is 0 Å². The lowest BCUT2D eigenvalue weighted by Gasteiger charge is -2.49. The van der Waals surface area contributed by atoms with Gasteiger partial charge in [0.25, 0.3) is 0 Å². The number of anilines is 2. The molecule has 2 aliphatic heterocycles. The number of rotatable bonds is 5. The van der Waals surface area contributed by atoms with Gasteiger partial charge in [-0.25, -0.2) is 4.98 Å². The van der Waals surface area contributed by atoms with Gasteiger partial charge in [-0.05, 0) is 74.4 Å². The molecule has 0 unspecified atom stereocenters. The van der Waals surface area contributed by atoms with Crippen LogP contribution in [0.4, 0.5) is 11.5 Å². The molecule has 0 spiro atoms. The summed E-state index contributed by atoms with van der Waals surface area (Å²) in [5.41, 5.74) is 5.09. The molecule has 42 heavy (non-hydrogen) atoms. The van der Waals surface area contributed by atoms with Gasteiger partial charge in [0.2, 0.25) is 5.91 Å². The van der Waals surface area contributed by atoms with E-state index < -0.39 is 11.0 Å². The molecule has 1 fully saturated rings. The highest BCUT2D eigenvalue weighted by Crippen LogP contribution is 2.58. The molecule has 0 aliphatic carbocycles. The Bertz CT molecular complexity index is 1580. The number of benzene rings is 1. The standard InChI is InChI=1S/C31H37ClN6O3S/c1-7-11-26-29(20(4)14-15-33-26)38-30-24(16-25(32)28(34-30)23-13-10-9-12-19(23)3)31(35-42(38,40)41)37-18-21(5)36(17-22(37)6)27(39)8-2/h8-10,12-16,21-22,40-41H,2,7,11,17-18H2,1,3-6H3/t21-,22+/m1/s1. The number of aromatic nitrogens is 2. The first-order valence-corrected chi connectivity index (χ1v) is 15.9. The minimum absolute atomic E-state index is 0.140. The van der Waals surface area contributed by atoms with Gasteiger partial charge in [0, 0.05) is 36.9 Å². The minimum atomic E-state index is -3.81. The van der Waals surface area contributed by atoms with Crippen LogP contribution in [0, 0.1) is 13.8 Å². The van der Waals surface area contributed by atoms with E-state index in [1.807, 2.05) is 69.0 Å². The van der Waals surface area contributed by atoms with Gasteiger partial charge in [-0.1, -0.05) is 55.8 Å². The van der Waals surface area contributed by atoms with Crippen LogP contribution in [0.15, 0.2) is 59.6 Å². The summed E-state index contributed by atoms with van der Waals surface area (Å²) in [6, 6.07) is 11.1. The molecule has 2 aromatic heterocycles. The van der Waals surface area contributed by atoms with Crippen molar-refractivity contribution in [3.05, 3.63) is 82.7 Å². The summed E-state index contributed by atoms with van der Waals surface area (Å²) in [4.78, 5) is 26.0. The number of nitrogens with zero attached hydrogens (tertiary/aromatic N) is 6. The highest BCUT2D eigenvalue weighted by molar-refractivity contribution is 8.24. The van der Waals surface area contributed by atoms with Crippen molar-refractivity contribution >= 4 is 45.8 Å². The molecule has 1 amide bonds. The Morgan fingerprint density at radius 2 is 1.86 bits per heavy atom. The summed E-state index contributed by atoms with van der Waals surface area (Å²) in [6.07, 6.45) is 4.52. The quantitative estimate of drug-likeness (QED) is 0.302. The second-order valence-electron chi connectivity index (χ2n) is 10.9. The largest absolute Gasteiger partial charge is 0.348 e. The monoisotopic (exact) mass is 608 g/mol. The average Bonchev–Trinajstić information content (AvgIpc) is 2.94. The van der Waals surface area contributed by atoms with E-state index in [2.05, 4.69) is 22.9 Å². The fraction of sp³-hybridized carbons (Fsp3) is 0.355. The summed E-state index contributed by atoms with van der Waals surface area (Å²) in [5.74, 6) is 0.592. The van der Waals surface area contributed by atoms with E-state index in [1.54, 1.807) is 11.1 Å². The zero-order chi connectivity index (χ0) is 30.3. The van der Waals surface area contributed by atoms with Gasteiger partial charge in [-0.15, -0.1) is 4.40 Å². The van der Waals surface area contributed by atoms with Crippen LogP contribution in [0.5, 0.6) is 0 Å². The Balaban J connectivity index is 1.75. The van der Waals surface area contributed by atoms with Crippen molar-refractivity contribution in [2.24, 2.45) is 4.40 Å². The molecule has 0 bridgehead atoms. The molecule has 2 aliphatic rings. The van der Waals surface area contributed by atoms with Crippen molar-refractivity contribution in [2.75, 3.05) is 17.4 Å². The molecule has 1 aromatic carbocycles. The number of amidine groups is 1. The van der Waals surface area contributed by atoms with E-state index >= 15 is 0 Å². The fourth-order valence-electron chi connectivity index (χ4n) is 5.73. The van der Waals surface area contributed by atoms with Crippen molar-refractivity contribution < 1.29 is 13.9 Å². The van der Waals surface area contributed by atoms with Crippen molar-refractivity contribution in [1.29, 1.82) is 0 Å². The maximum atomic E-state index is 12.5. The third-order valence-corrected chi connectivity index (χ3v) is 9.40. The molecule has 222 valence electrons. The first-order valence-electron chi connectivity index (χ1n) is 14.1. The molecule has 4 heterocycles. The molecule has 11 heteroatoms. The first-order chi connectivity index (χ1) is 20.0. The predicted molar refractivity (Wildman–Crippen MR) is 171 cm³/mol. The van der Waals surface area contributed by atoms with Crippen LogP contribution in [0.3, 0.4) is 0 Å². The topological polar surface area (TPSA) is 105 Å². The molecule has 5 rings (SSSR count). The number of amides is 1. The number of halogens is 1. The molecule has 2 N–H and O–H groups in total. The van der Waals surface area contributed by atoms with Crippen LogP contribution < -0.4 is 4.31 Å². The summed E-state index contributed by atoms with van der Waals surface area (Å²) < 4.78 is 29.8. The fourth-order valence-corrected chi connectivity index (χ4v) is 7.37. The average molecular weight is 609 g/mol. The molecule has 9 nitrogen and oxygen atoms in total. The number of aryl methyl sites for hydroxylation is 3. The summed E-state index contributed by atoms with van der Waals surface area (Å²) in [5, 5.41) is 0.423. The van der Waals surface area contributed by atoms with Gasteiger partial charge in [-0.3, -0.25) is 18.9 Å². The van der Waals surface area contributed by atoms with E-state index in [0.29, 0.717) is 53.1 Å². The van der Waals surface area contributed by atoms with Gasteiger partial charge in [0.1, 0.15) is 0 Å². The Kier molecular flexibility index (Phi) is 8.35.